The number of nitrogens with one attached hydrogen (secondary N) is 1. The van der Waals surface area contributed by atoms with Gasteiger partial charge in [-0.2, -0.15) is 0 Å². The summed E-state index contributed by atoms with van der Waals surface area (Å²) in [7, 11) is 4.26. The smallest absolute Gasteiger partial charge is 0.222 e. The number of nitrogens with zero attached hydrogens (tertiary/aromatic N) is 3. The highest BCUT2D eigenvalue weighted by atomic mass is 19.1. The number of likely N-dealkylation sites (N-methyl/N-ethyl adjacent to an activating group) is 1. The van der Waals surface area contributed by atoms with Crippen molar-refractivity contribution in [1.29, 1.82) is 0 Å². The summed E-state index contributed by atoms with van der Waals surface area (Å²) >= 11 is 0. The zero-order chi connectivity index (χ0) is 13.9. The maximum absolute atomic E-state index is 12.8. The first-order chi connectivity index (χ1) is 9.02. The molecule has 106 valence electrons. The Morgan fingerprint density at radius 1 is 1.42 bits per heavy atom. The molecule has 2 unspecified atom stereocenters. The van der Waals surface area contributed by atoms with Gasteiger partial charge in [-0.15, -0.1) is 0 Å². The third-order valence-corrected chi connectivity index (χ3v) is 4.21. The number of hydrogen-bond donors (Lipinski definition) is 1. The Hall–Kier alpha value is -1.23. The standard InChI is InChI=1S/C14H23FN4/c1-11-5-4-6-14(7-11,19(2)3)10-18-13-16-8-12(15)9-17-13/h8-9,11H,4-7,10H2,1-3H3,(H,16,17,18). The van der Waals surface area contributed by atoms with Crippen LogP contribution in [0.4, 0.5) is 10.3 Å². The van der Waals surface area contributed by atoms with Gasteiger partial charge in [0.1, 0.15) is 0 Å². The van der Waals surface area contributed by atoms with Gasteiger partial charge in [0.15, 0.2) is 5.82 Å². The van der Waals surface area contributed by atoms with Gasteiger partial charge in [0.05, 0.1) is 12.4 Å². The summed E-state index contributed by atoms with van der Waals surface area (Å²) < 4.78 is 12.8. The molecule has 1 N–H and O–H groups in total. The van der Waals surface area contributed by atoms with E-state index in [1.165, 1.54) is 38.1 Å². The Kier molecular flexibility index (Phi) is 4.34. The van der Waals surface area contributed by atoms with Crippen LogP contribution in [0.3, 0.4) is 0 Å². The van der Waals surface area contributed by atoms with Gasteiger partial charge in [-0.1, -0.05) is 19.8 Å². The quantitative estimate of drug-likeness (QED) is 0.909. The lowest BCUT2D eigenvalue weighted by Crippen LogP contribution is -2.52. The molecule has 1 aliphatic carbocycles. The van der Waals surface area contributed by atoms with E-state index in [9.17, 15) is 4.39 Å². The third-order valence-electron chi connectivity index (χ3n) is 4.21. The maximum atomic E-state index is 12.8. The summed E-state index contributed by atoms with van der Waals surface area (Å²) in [4.78, 5) is 10.2. The van der Waals surface area contributed by atoms with Crippen molar-refractivity contribution in [3.8, 4) is 0 Å². The highest BCUT2D eigenvalue weighted by Gasteiger charge is 2.36. The number of hydrogen-bond acceptors (Lipinski definition) is 4. The minimum absolute atomic E-state index is 0.148. The van der Waals surface area contributed by atoms with E-state index in [1.54, 1.807) is 0 Å². The molecule has 0 aromatic carbocycles. The summed E-state index contributed by atoms with van der Waals surface area (Å²) in [5.74, 6) is 0.840. The summed E-state index contributed by atoms with van der Waals surface area (Å²) in [6.07, 6.45) is 7.31. The second-order valence-electron chi connectivity index (χ2n) is 5.90. The second kappa shape index (κ2) is 5.82. The van der Waals surface area contributed by atoms with Crippen LogP contribution in [0.1, 0.15) is 32.6 Å². The summed E-state index contributed by atoms with van der Waals surface area (Å²) in [6.45, 7) is 3.11. The molecule has 0 aliphatic heterocycles. The first-order valence-corrected chi connectivity index (χ1v) is 6.91. The Bertz CT molecular complexity index is 406. The normalized spacial score (nSPS) is 27.5. The van der Waals surface area contributed by atoms with Crippen molar-refractivity contribution in [3.63, 3.8) is 0 Å². The number of aromatic nitrogens is 2. The summed E-state index contributed by atoms with van der Waals surface area (Å²) in [5, 5.41) is 3.25. The van der Waals surface area contributed by atoms with Gasteiger partial charge in [0.2, 0.25) is 5.95 Å². The summed E-state index contributed by atoms with van der Waals surface area (Å²) in [5.41, 5.74) is 0.148. The van der Waals surface area contributed by atoms with E-state index < -0.39 is 5.82 Å². The molecule has 2 atom stereocenters. The number of halogens is 1. The van der Waals surface area contributed by atoms with E-state index in [0.717, 1.165) is 12.5 Å². The van der Waals surface area contributed by atoms with Gasteiger partial charge in [0.25, 0.3) is 0 Å². The van der Waals surface area contributed by atoms with Crippen LogP contribution in [0.5, 0.6) is 0 Å². The molecule has 4 nitrogen and oxygen atoms in total. The van der Waals surface area contributed by atoms with Gasteiger partial charge in [-0.3, -0.25) is 0 Å². The molecule has 0 amide bonds. The lowest BCUT2D eigenvalue weighted by Gasteiger charge is -2.45. The molecule has 1 aromatic rings. The predicted octanol–water partition coefficient (Wildman–Crippen LogP) is 2.54. The van der Waals surface area contributed by atoms with Crippen molar-refractivity contribution >= 4 is 5.95 Å². The number of anilines is 1. The lowest BCUT2D eigenvalue weighted by atomic mass is 9.75. The van der Waals surface area contributed by atoms with Crippen molar-refractivity contribution in [2.45, 2.75) is 38.1 Å². The van der Waals surface area contributed by atoms with Gasteiger partial charge >= 0.3 is 0 Å². The highest BCUT2D eigenvalue weighted by Crippen LogP contribution is 2.35. The van der Waals surface area contributed by atoms with Gasteiger partial charge in [0, 0.05) is 12.1 Å². The highest BCUT2D eigenvalue weighted by molar-refractivity contribution is 5.24. The zero-order valence-electron chi connectivity index (χ0n) is 12.0. The van der Waals surface area contributed by atoms with E-state index in [4.69, 9.17) is 0 Å². The average Bonchev–Trinajstić information content (AvgIpc) is 2.38. The molecule has 19 heavy (non-hydrogen) atoms. The lowest BCUT2D eigenvalue weighted by molar-refractivity contribution is 0.0881. The van der Waals surface area contributed by atoms with Crippen molar-refractivity contribution in [3.05, 3.63) is 18.2 Å². The largest absolute Gasteiger partial charge is 0.352 e. The van der Waals surface area contributed by atoms with Crippen LogP contribution in [0.2, 0.25) is 0 Å². The van der Waals surface area contributed by atoms with Crippen LogP contribution >= 0.6 is 0 Å². The molecular formula is C14H23FN4. The fourth-order valence-electron chi connectivity index (χ4n) is 3.00. The fraction of sp³-hybridized carbons (Fsp3) is 0.714. The Morgan fingerprint density at radius 3 is 2.68 bits per heavy atom. The molecule has 1 heterocycles. The molecule has 1 aromatic heterocycles. The van der Waals surface area contributed by atoms with Gasteiger partial charge in [-0.25, -0.2) is 14.4 Å². The van der Waals surface area contributed by atoms with Crippen LogP contribution < -0.4 is 5.32 Å². The molecule has 0 spiro atoms. The van der Waals surface area contributed by atoms with E-state index in [2.05, 4.69) is 41.2 Å². The first-order valence-electron chi connectivity index (χ1n) is 6.91. The SMILES string of the molecule is CC1CCCC(CNc2ncc(F)cn2)(N(C)C)C1. The molecule has 0 saturated heterocycles. The summed E-state index contributed by atoms with van der Waals surface area (Å²) in [6, 6.07) is 0. The van der Waals surface area contributed by atoms with Gasteiger partial charge in [-0.05, 0) is 32.9 Å². The zero-order valence-corrected chi connectivity index (χ0v) is 12.0. The molecule has 1 saturated carbocycles. The van der Waals surface area contributed by atoms with Crippen LogP contribution in [0.15, 0.2) is 12.4 Å². The molecule has 5 heteroatoms. The molecule has 0 bridgehead atoms. The second-order valence-corrected chi connectivity index (χ2v) is 5.90. The van der Waals surface area contributed by atoms with Crippen molar-refractivity contribution in [2.24, 2.45) is 5.92 Å². The molecule has 1 aliphatic rings. The van der Waals surface area contributed by atoms with Crippen LogP contribution in [0, 0.1) is 11.7 Å². The molecule has 2 rings (SSSR count). The van der Waals surface area contributed by atoms with Crippen LogP contribution in [-0.2, 0) is 0 Å². The topological polar surface area (TPSA) is 41.1 Å². The van der Waals surface area contributed by atoms with Crippen LogP contribution in [0.25, 0.3) is 0 Å². The number of rotatable bonds is 4. The molecule has 0 radical (unpaired) electrons. The Balaban J connectivity index is 2.03. The van der Waals surface area contributed by atoms with Gasteiger partial charge < -0.3 is 10.2 Å². The molecule has 1 fully saturated rings. The van der Waals surface area contributed by atoms with Crippen LogP contribution in [-0.4, -0.2) is 41.0 Å². The minimum Gasteiger partial charge on any atom is -0.352 e. The van der Waals surface area contributed by atoms with E-state index >= 15 is 0 Å². The Morgan fingerprint density at radius 2 is 2.11 bits per heavy atom. The maximum Gasteiger partial charge on any atom is 0.222 e. The first kappa shape index (κ1) is 14.2. The minimum atomic E-state index is -0.404. The van der Waals surface area contributed by atoms with E-state index in [-0.39, 0.29) is 5.54 Å². The van der Waals surface area contributed by atoms with E-state index in [0.29, 0.717) is 5.95 Å². The molecular weight excluding hydrogens is 243 g/mol. The average molecular weight is 266 g/mol. The van der Waals surface area contributed by atoms with E-state index in [1.807, 2.05) is 0 Å². The van der Waals surface area contributed by atoms with Crippen molar-refractivity contribution in [1.82, 2.24) is 14.9 Å². The Labute approximate surface area is 114 Å². The van der Waals surface area contributed by atoms with Crippen molar-refractivity contribution < 1.29 is 4.39 Å². The van der Waals surface area contributed by atoms with Crippen molar-refractivity contribution in [2.75, 3.05) is 26.0 Å². The monoisotopic (exact) mass is 266 g/mol. The fourth-order valence-corrected chi connectivity index (χ4v) is 3.00. The third kappa shape index (κ3) is 3.41. The predicted molar refractivity (Wildman–Crippen MR) is 74.5 cm³/mol.